The van der Waals surface area contributed by atoms with Gasteiger partial charge in [-0.15, -0.1) is 0 Å². The van der Waals surface area contributed by atoms with Crippen LogP contribution in [-0.4, -0.2) is 50.3 Å². The number of hydrogen-bond donors (Lipinski definition) is 1. The first-order valence-electron chi connectivity index (χ1n) is 7.46. The van der Waals surface area contributed by atoms with E-state index in [-0.39, 0.29) is 12.7 Å². The third kappa shape index (κ3) is 3.19. The van der Waals surface area contributed by atoms with Crippen LogP contribution >= 0.6 is 0 Å². The summed E-state index contributed by atoms with van der Waals surface area (Å²) in [5, 5.41) is 0. The van der Waals surface area contributed by atoms with Gasteiger partial charge in [-0.3, -0.25) is 4.79 Å². The van der Waals surface area contributed by atoms with Crippen molar-refractivity contribution in [1.82, 2.24) is 4.90 Å². The number of ether oxygens (including phenoxy) is 2. The lowest BCUT2D eigenvalue weighted by molar-refractivity contribution is -0.902. The Morgan fingerprint density at radius 2 is 2.05 bits per heavy atom. The molecule has 5 nitrogen and oxygen atoms in total. The highest BCUT2D eigenvalue weighted by Gasteiger charge is 2.21. The third-order valence-electron chi connectivity index (χ3n) is 4.10. The Kier molecular flexibility index (Phi) is 4.10. The van der Waals surface area contributed by atoms with E-state index in [0.29, 0.717) is 0 Å². The number of piperazine rings is 1. The smallest absolute Gasteiger partial charge is 0.246 e. The molecule has 3 rings (SSSR count). The number of nitrogens with one attached hydrogen (secondary N) is 1. The number of carbonyl (C=O) groups is 1. The fourth-order valence-corrected chi connectivity index (χ4v) is 2.69. The minimum absolute atomic E-state index is 0.0859. The van der Waals surface area contributed by atoms with E-state index in [1.54, 1.807) is 11.0 Å². The molecule has 2 heterocycles. The Labute approximate surface area is 124 Å². The van der Waals surface area contributed by atoms with Gasteiger partial charge in [-0.2, -0.15) is 0 Å². The molecule has 5 heteroatoms. The normalized spacial score (nSPS) is 18.4. The zero-order chi connectivity index (χ0) is 14.7. The van der Waals surface area contributed by atoms with Crippen LogP contribution in [0, 0.1) is 0 Å². The van der Waals surface area contributed by atoms with E-state index in [0.717, 1.165) is 49.8 Å². The molecule has 1 amide bonds. The molecule has 0 aromatic heterocycles. The van der Waals surface area contributed by atoms with Gasteiger partial charge >= 0.3 is 0 Å². The molecule has 2 aliphatic heterocycles. The van der Waals surface area contributed by atoms with Crippen LogP contribution in [0.5, 0.6) is 11.5 Å². The predicted octanol–water partition coefficient (Wildman–Crippen LogP) is 0.176. The number of carbonyl (C=O) groups excluding carboxylic acids is 1. The van der Waals surface area contributed by atoms with Gasteiger partial charge in [0.05, 0.1) is 32.7 Å². The van der Waals surface area contributed by atoms with Crippen molar-refractivity contribution in [3.05, 3.63) is 29.8 Å². The molecular formula is C16H21N2O3+. The van der Waals surface area contributed by atoms with E-state index in [1.165, 1.54) is 0 Å². The molecule has 1 aromatic rings. The molecule has 1 N–H and O–H groups in total. The Bertz CT molecular complexity index is 548. The zero-order valence-electron chi connectivity index (χ0n) is 12.3. The molecule has 0 bridgehead atoms. The van der Waals surface area contributed by atoms with E-state index in [4.69, 9.17) is 9.47 Å². The van der Waals surface area contributed by atoms with Crippen LogP contribution in [0.15, 0.2) is 24.3 Å². The standard InChI is InChI=1S/C16H20N2O3/c1-2-17-7-9-18(10-8-17)16(19)6-4-13-3-5-14-15(11-13)21-12-20-14/h3-6,11H,2,7-10,12H2,1H3/p+1/b6-4+. The Balaban J connectivity index is 1.59. The molecule has 0 atom stereocenters. The SMILES string of the molecule is CC[NH+]1CCN(C(=O)/C=C/c2ccc3c(c2)OCO3)CC1. The maximum Gasteiger partial charge on any atom is 0.246 e. The van der Waals surface area contributed by atoms with Crippen LogP contribution in [0.25, 0.3) is 6.08 Å². The van der Waals surface area contributed by atoms with Crippen molar-refractivity contribution in [2.75, 3.05) is 39.5 Å². The summed E-state index contributed by atoms with van der Waals surface area (Å²) in [5.74, 6) is 1.59. The fourth-order valence-electron chi connectivity index (χ4n) is 2.69. The lowest BCUT2D eigenvalue weighted by Crippen LogP contribution is -3.14. The third-order valence-corrected chi connectivity index (χ3v) is 4.10. The van der Waals surface area contributed by atoms with Gasteiger partial charge in [-0.25, -0.2) is 0 Å². The molecule has 0 spiro atoms. The van der Waals surface area contributed by atoms with Crippen LogP contribution in [0.1, 0.15) is 12.5 Å². The molecule has 1 fully saturated rings. The van der Waals surface area contributed by atoms with Crippen molar-refractivity contribution in [3.8, 4) is 11.5 Å². The maximum atomic E-state index is 12.2. The van der Waals surface area contributed by atoms with E-state index in [1.807, 2.05) is 29.2 Å². The van der Waals surface area contributed by atoms with Gasteiger partial charge in [0.1, 0.15) is 0 Å². The molecule has 21 heavy (non-hydrogen) atoms. The van der Waals surface area contributed by atoms with Gasteiger partial charge < -0.3 is 19.3 Å². The van der Waals surface area contributed by atoms with Crippen LogP contribution in [0.3, 0.4) is 0 Å². The van der Waals surface area contributed by atoms with Gasteiger partial charge in [0, 0.05) is 6.08 Å². The van der Waals surface area contributed by atoms with Crippen LogP contribution < -0.4 is 14.4 Å². The summed E-state index contributed by atoms with van der Waals surface area (Å²) in [6, 6.07) is 5.69. The highest BCUT2D eigenvalue weighted by atomic mass is 16.7. The average molecular weight is 289 g/mol. The monoisotopic (exact) mass is 289 g/mol. The van der Waals surface area contributed by atoms with E-state index < -0.39 is 0 Å². The van der Waals surface area contributed by atoms with Crippen LogP contribution in [0.2, 0.25) is 0 Å². The maximum absolute atomic E-state index is 12.2. The topological polar surface area (TPSA) is 43.2 Å². The first-order valence-corrected chi connectivity index (χ1v) is 7.46. The summed E-state index contributed by atoms with van der Waals surface area (Å²) < 4.78 is 10.6. The number of nitrogens with zero attached hydrogens (tertiary/aromatic N) is 1. The Morgan fingerprint density at radius 1 is 1.29 bits per heavy atom. The van der Waals surface area contributed by atoms with Crippen molar-refractivity contribution in [1.29, 1.82) is 0 Å². The highest BCUT2D eigenvalue weighted by Crippen LogP contribution is 2.32. The molecule has 0 aliphatic carbocycles. The van der Waals surface area contributed by atoms with E-state index in [9.17, 15) is 4.79 Å². The first kappa shape index (κ1) is 13.9. The number of amides is 1. The van der Waals surface area contributed by atoms with Crippen LogP contribution in [-0.2, 0) is 4.79 Å². The van der Waals surface area contributed by atoms with Crippen molar-refractivity contribution in [3.63, 3.8) is 0 Å². The molecule has 112 valence electrons. The predicted molar refractivity (Wildman–Crippen MR) is 79.4 cm³/mol. The summed E-state index contributed by atoms with van der Waals surface area (Å²) in [6.07, 6.45) is 3.48. The summed E-state index contributed by atoms with van der Waals surface area (Å²) in [6.45, 7) is 7.36. The molecule has 0 radical (unpaired) electrons. The number of likely N-dealkylation sites (N-methyl/N-ethyl adjacent to an activating group) is 1. The largest absolute Gasteiger partial charge is 0.454 e. The van der Waals surface area contributed by atoms with Crippen molar-refractivity contribution in [2.45, 2.75) is 6.92 Å². The Hall–Kier alpha value is -2.01. The van der Waals surface area contributed by atoms with Crippen molar-refractivity contribution >= 4 is 12.0 Å². The molecule has 1 aromatic carbocycles. The number of quaternary nitrogens is 1. The minimum atomic E-state index is 0.0859. The second-order valence-electron chi connectivity index (χ2n) is 5.37. The summed E-state index contributed by atoms with van der Waals surface area (Å²) in [4.78, 5) is 15.7. The van der Waals surface area contributed by atoms with Crippen molar-refractivity contribution < 1.29 is 19.2 Å². The van der Waals surface area contributed by atoms with Crippen LogP contribution in [0.4, 0.5) is 0 Å². The summed E-state index contributed by atoms with van der Waals surface area (Å²) >= 11 is 0. The number of fused-ring (bicyclic) bond motifs is 1. The molecule has 0 unspecified atom stereocenters. The van der Waals surface area contributed by atoms with Gasteiger partial charge in [-0.1, -0.05) is 6.07 Å². The van der Waals surface area contributed by atoms with E-state index >= 15 is 0 Å². The molecule has 1 saturated heterocycles. The zero-order valence-corrected chi connectivity index (χ0v) is 12.3. The van der Waals surface area contributed by atoms with Gasteiger partial charge in [0.15, 0.2) is 11.5 Å². The molecular weight excluding hydrogens is 268 g/mol. The number of hydrogen-bond acceptors (Lipinski definition) is 3. The summed E-state index contributed by atoms with van der Waals surface area (Å²) in [5.41, 5.74) is 0.949. The quantitative estimate of drug-likeness (QED) is 0.807. The highest BCUT2D eigenvalue weighted by molar-refractivity contribution is 5.91. The van der Waals surface area contributed by atoms with E-state index in [2.05, 4.69) is 6.92 Å². The lowest BCUT2D eigenvalue weighted by atomic mass is 10.2. The molecule has 0 saturated carbocycles. The first-order chi connectivity index (χ1) is 10.3. The second-order valence-corrected chi connectivity index (χ2v) is 5.37. The number of rotatable bonds is 3. The average Bonchev–Trinajstić information content (AvgIpc) is 3.00. The lowest BCUT2D eigenvalue weighted by Gasteiger charge is -2.30. The van der Waals surface area contributed by atoms with Gasteiger partial charge in [0.25, 0.3) is 0 Å². The van der Waals surface area contributed by atoms with Gasteiger partial charge in [-0.05, 0) is 30.7 Å². The Morgan fingerprint density at radius 3 is 2.81 bits per heavy atom. The van der Waals surface area contributed by atoms with Crippen molar-refractivity contribution in [2.24, 2.45) is 0 Å². The van der Waals surface area contributed by atoms with Gasteiger partial charge in [0.2, 0.25) is 12.7 Å². The number of benzene rings is 1. The summed E-state index contributed by atoms with van der Waals surface area (Å²) in [7, 11) is 0. The molecule has 2 aliphatic rings. The second kappa shape index (κ2) is 6.18. The minimum Gasteiger partial charge on any atom is -0.454 e. The fraction of sp³-hybridized carbons (Fsp3) is 0.438.